The standard InChI is InChI=1S/C12H19NO3S/c1-3-4-5-10-13-16-17(14,15)12-8-6-11(2)7-9-12/h6-9,13H,3-5,10H2,1-2H3. The zero-order chi connectivity index (χ0) is 12.7. The lowest BCUT2D eigenvalue weighted by Gasteiger charge is -2.06. The van der Waals surface area contributed by atoms with Crippen LogP contribution in [-0.4, -0.2) is 15.0 Å². The highest BCUT2D eigenvalue weighted by atomic mass is 32.2. The van der Waals surface area contributed by atoms with E-state index in [1.165, 1.54) is 0 Å². The van der Waals surface area contributed by atoms with Gasteiger partial charge < -0.3 is 0 Å². The highest BCUT2D eigenvalue weighted by Gasteiger charge is 2.14. The van der Waals surface area contributed by atoms with E-state index in [9.17, 15) is 8.42 Å². The highest BCUT2D eigenvalue weighted by Crippen LogP contribution is 2.11. The summed E-state index contributed by atoms with van der Waals surface area (Å²) in [5.41, 5.74) is 3.50. The minimum atomic E-state index is -3.68. The van der Waals surface area contributed by atoms with E-state index in [0.717, 1.165) is 24.8 Å². The average molecular weight is 257 g/mol. The molecule has 0 aliphatic carbocycles. The van der Waals surface area contributed by atoms with Crippen LogP contribution in [0, 0.1) is 6.92 Å². The molecule has 1 aromatic carbocycles. The van der Waals surface area contributed by atoms with E-state index in [-0.39, 0.29) is 4.90 Å². The largest absolute Gasteiger partial charge is 0.312 e. The fourth-order valence-corrected chi connectivity index (χ4v) is 2.12. The van der Waals surface area contributed by atoms with Crippen molar-refractivity contribution in [3.05, 3.63) is 29.8 Å². The van der Waals surface area contributed by atoms with Gasteiger partial charge >= 0.3 is 10.1 Å². The Kier molecular flexibility index (Phi) is 5.61. The molecule has 0 aromatic heterocycles. The third-order valence-corrected chi connectivity index (χ3v) is 3.55. The molecule has 0 unspecified atom stereocenters. The lowest BCUT2D eigenvalue weighted by molar-refractivity contribution is 0.201. The first-order valence-electron chi connectivity index (χ1n) is 5.79. The number of hydroxylamine groups is 1. The molecule has 5 heteroatoms. The molecular formula is C12H19NO3S. The topological polar surface area (TPSA) is 55.4 Å². The van der Waals surface area contributed by atoms with Gasteiger partial charge in [0.25, 0.3) is 0 Å². The van der Waals surface area contributed by atoms with Gasteiger partial charge in [0.1, 0.15) is 0 Å². The molecule has 0 saturated carbocycles. The summed E-state index contributed by atoms with van der Waals surface area (Å²) in [4.78, 5) is 0.172. The lowest BCUT2D eigenvalue weighted by Crippen LogP contribution is -2.21. The monoisotopic (exact) mass is 257 g/mol. The summed E-state index contributed by atoms with van der Waals surface area (Å²) in [6, 6.07) is 6.57. The van der Waals surface area contributed by atoms with E-state index < -0.39 is 10.1 Å². The number of hydrogen-bond acceptors (Lipinski definition) is 4. The molecule has 0 amide bonds. The van der Waals surface area contributed by atoms with Crippen LogP contribution in [0.2, 0.25) is 0 Å². The van der Waals surface area contributed by atoms with Crippen LogP contribution >= 0.6 is 0 Å². The van der Waals surface area contributed by atoms with Crippen molar-refractivity contribution in [2.24, 2.45) is 0 Å². The molecule has 1 N–H and O–H groups in total. The van der Waals surface area contributed by atoms with Crippen LogP contribution in [0.4, 0.5) is 0 Å². The van der Waals surface area contributed by atoms with Crippen molar-refractivity contribution in [2.75, 3.05) is 6.54 Å². The Balaban J connectivity index is 2.48. The molecule has 1 rings (SSSR count). The molecule has 0 radical (unpaired) electrons. The summed E-state index contributed by atoms with van der Waals surface area (Å²) in [6.45, 7) is 4.53. The molecule has 0 aliphatic rings. The van der Waals surface area contributed by atoms with Crippen molar-refractivity contribution in [3.63, 3.8) is 0 Å². The van der Waals surface area contributed by atoms with Gasteiger partial charge in [0.05, 0.1) is 4.90 Å². The maximum Gasteiger partial charge on any atom is 0.312 e. The molecule has 0 aliphatic heterocycles. The zero-order valence-corrected chi connectivity index (χ0v) is 11.1. The third-order valence-electron chi connectivity index (χ3n) is 2.36. The van der Waals surface area contributed by atoms with Crippen LogP contribution in [0.15, 0.2) is 29.2 Å². The molecule has 1 aromatic rings. The van der Waals surface area contributed by atoms with Crippen molar-refractivity contribution in [3.8, 4) is 0 Å². The molecule has 0 fully saturated rings. The van der Waals surface area contributed by atoms with Gasteiger partial charge in [-0.1, -0.05) is 37.5 Å². The Labute approximate surface area is 103 Å². The predicted octanol–water partition coefficient (Wildman–Crippen LogP) is 2.40. The van der Waals surface area contributed by atoms with Crippen LogP contribution in [-0.2, 0) is 14.4 Å². The Morgan fingerprint density at radius 2 is 1.82 bits per heavy atom. The zero-order valence-electron chi connectivity index (χ0n) is 10.3. The highest BCUT2D eigenvalue weighted by molar-refractivity contribution is 7.86. The van der Waals surface area contributed by atoms with Crippen LogP contribution in [0.1, 0.15) is 31.7 Å². The summed E-state index contributed by atoms with van der Waals surface area (Å²) in [5, 5.41) is 0. The molecule has 0 spiro atoms. The second-order valence-corrected chi connectivity index (χ2v) is 5.50. The minimum absolute atomic E-state index is 0.172. The number of hydrogen-bond donors (Lipinski definition) is 1. The van der Waals surface area contributed by atoms with Crippen molar-refractivity contribution >= 4 is 10.1 Å². The molecule has 96 valence electrons. The Bertz CT molecular complexity index is 426. The number of benzene rings is 1. The van der Waals surface area contributed by atoms with E-state index in [0.29, 0.717) is 6.54 Å². The minimum Gasteiger partial charge on any atom is -0.192 e. The van der Waals surface area contributed by atoms with E-state index in [1.54, 1.807) is 24.3 Å². The molecule has 0 heterocycles. The summed E-state index contributed by atoms with van der Waals surface area (Å²) in [7, 11) is -3.68. The normalized spacial score (nSPS) is 11.6. The van der Waals surface area contributed by atoms with Gasteiger partial charge in [-0.25, -0.2) is 0 Å². The molecule has 0 saturated heterocycles. The summed E-state index contributed by atoms with van der Waals surface area (Å²) < 4.78 is 28.1. The van der Waals surface area contributed by atoms with Gasteiger partial charge in [0.15, 0.2) is 0 Å². The van der Waals surface area contributed by atoms with Crippen molar-refractivity contribution in [2.45, 2.75) is 38.0 Å². The molecular weight excluding hydrogens is 238 g/mol. The van der Waals surface area contributed by atoms with Gasteiger partial charge in [-0.05, 0) is 25.5 Å². The van der Waals surface area contributed by atoms with E-state index in [1.807, 2.05) is 6.92 Å². The van der Waals surface area contributed by atoms with E-state index in [4.69, 9.17) is 4.28 Å². The fourth-order valence-electron chi connectivity index (χ4n) is 1.32. The van der Waals surface area contributed by atoms with Crippen LogP contribution in [0.3, 0.4) is 0 Å². The Hall–Kier alpha value is -0.910. The maximum atomic E-state index is 11.7. The van der Waals surface area contributed by atoms with Gasteiger partial charge in [-0.3, -0.25) is 0 Å². The number of rotatable bonds is 7. The van der Waals surface area contributed by atoms with Crippen molar-refractivity contribution in [1.82, 2.24) is 5.48 Å². The quantitative estimate of drug-likeness (QED) is 0.602. The first kappa shape index (κ1) is 14.2. The summed E-state index contributed by atoms with van der Waals surface area (Å²) >= 11 is 0. The number of aryl methyl sites for hydroxylation is 1. The predicted molar refractivity (Wildman–Crippen MR) is 67.0 cm³/mol. The summed E-state index contributed by atoms with van der Waals surface area (Å²) in [6.07, 6.45) is 3.05. The fraction of sp³-hybridized carbons (Fsp3) is 0.500. The Morgan fingerprint density at radius 1 is 1.18 bits per heavy atom. The molecule has 0 bridgehead atoms. The van der Waals surface area contributed by atoms with E-state index >= 15 is 0 Å². The third kappa shape index (κ3) is 4.85. The number of nitrogens with one attached hydrogen (secondary N) is 1. The van der Waals surface area contributed by atoms with Crippen LogP contribution in [0.25, 0.3) is 0 Å². The summed E-state index contributed by atoms with van der Waals surface area (Å²) in [5.74, 6) is 0. The molecule has 17 heavy (non-hydrogen) atoms. The first-order chi connectivity index (χ1) is 8.06. The number of unbranched alkanes of at least 4 members (excludes halogenated alkanes) is 2. The lowest BCUT2D eigenvalue weighted by atomic mass is 10.2. The van der Waals surface area contributed by atoms with Crippen molar-refractivity contribution in [1.29, 1.82) is 0 Å². The van der Waals surface area contributed by atoms with Crippen LogP contribution in [0.5, 0.6) is 0 Å². The smallest absolute Gasteiger partial charge is 0.192 e. The Morgan fingerprint density at radius 3 is 2.41 bits per heavy atom. The van der Waals surface area contributed by atoms with Gasteiger partial charge in [0.2, 0.25) is 0 Å². The first-order valence-corrected chi connectivity index (χ1v) is 7.20. The maximum absolute atomic E-state index is 11.7. The van der Waals surface area contributed by atoms with Crippen LogP contribution < -0.4 is 5.48 Å². The second-order valence-electron chi connectivity index (χ2n) is 3.95. The van der Waals surface area contributed by atoms with Gasteiger partial charge in [-0.15, -0.1) is 0 Å². The molecule has 4 nitrogen and oxygen atoms in total. The van der Waals surface area contributed by atoms with E-state index in [2.05, 4.69) is 12.4 Å². The van der Waals surface area contributed by atoms with Gasteiger partial charge in [-0.2, -0.15) is 18.2 Å². The molecule has 0 atom stereocenters. The average Bonchev–Trinajstić information content (AvgIpc) is 2.29. The van der Waals surface area contributed by atoms with Gasteiger partial charge in [0, 0.05) is 6.54 Å². The SMILES string of the molecule is CCCCCNOS(=O)(=O)c1ccc(C)cc1. The second kappa shape index (κ2) is 6.74. The van der Waals surface area contributed by atoms with Crippen molar-refractivity contribution < 1.29 is 12.7 Å².